The van der Waals surface area contributed by atoms with Crippen molar-refractivity contribution < 1.29 is 4.79 Å². The predicted molar refractivity (Wildman–Crippen MR) is 108 cm³/mol. The van der Waals surface area contributed by atoms with Crippen molar-refractivity contribution in [3.05, 3.63) is 58.1 Å². The SMILES string of the molecule is C/C=C1/S[C@H](c2ccc(C)cc2)C(C)C(=O)N(CCN(C)C)/C1=C/C. The van der Waals surface area contributed by atoms with Gasteiger partial charge in [-0.05, 0) is 40.4 Å². The van der Waals surface area contributed by atoms with Crippen LogP contribution in [0.4, 0.5) is 0 Å². The number of allylic oxidation sites excluding steroid dienone is 2. The fourth-order valence-electron chi connectivity index (χ4n) is 3.08. The first-order chi connectivity index (χ1) is 11.9. The van der Waals surface area contributed by atoms with E-state index in [0.29, 0.717) is 6.54 Å². The lowest BCUT2D eigenvalue weighted by Crippen LogP contribution is -2.38. The topological polar surface area (TPSA) is 23.6 Å². The summed E-state index contributed by atoms with van der Waals surface area (Å²) >= 11 is 1.81. The van der Waals surface area contributed by atoms with Crippen molar-refractivity contribution >= 4 is 17.7 Å². The van der Waals surface area contributed by atoms with Gasteiger partial charge in [0.05, 0.1) is 11.6 Å². The molecule has 1 unspecified atom stereocenters. The molecule has 0 spiro atoms. The van der Waals surface area contributed by atoms with Crippen LogP contribution in [0.3, 0.4) is 0 Å². The first-order valence-electron chi connectivity index (χ1n) is 8.91. The van der Waals surface area contributed by atoms with Crippen molar-refractivity contribution in [2.45, 2.75) is 32.9 Å². The van der Waals surface area contributed by atoms with Crippen LogP contribution >= 0.6 is 11.8 Å². The Morgan fingerprint density at radius 2 is 1.80 bits per heavy atom. The highest BCUT2D eigenvalue weighted by molar-refractivity contribution is 8.03. The lowest BCUT2D eigenvalue weighted by Gasteiger charge is -2.27. The molecule has 0 aromatic heterocycles. The Morgan fingerprint density at radius 1 is 1.16 bits per heavy atom. The molecule has 1 amide bonds. The summed E-state index contributed by atoms with van der Waals surface area (Å²) in [4.78, 5) is 18.5. The summed E-state index contributed by atoms with van der Waals surface area (Å²) in [6, 6.07) is 8.59. The highest BCUT2D eigenvalue weighted by Crippen LogP contribution is 2.47. The van der Waals surface area contributed by atoms with Gasteiger partial charge in [0.25, 0.3) is 0 Å². The highest BCUT2D eigenvalue weighted by Gasteiger charge is 2.36. The first kappa shape index (κ1) is 19.8. The number of carbonyl (C=O) groups is 1. The van der Waals surface area contributed by atoms with Crippen molar-refractivity contribution in [3.8, 4) is 0 Å². The summed E-state index contributed by atoms with van der Waals surface area (Å²) < 4.78 is 0. The van der Waals surface area contributed by atoms with Crippen molar-refractivity contribution in [2.24, 2.45) is 5.92 Å². The zero-order valence-corrected chi connectivity index (χ0v) is 17.1. The van der Waals surface area contributed by atoms with Crippen LogP contribution in [0.5, 0.6) is 0 Å². The third-order valence-corrected chi connectivity index (χ3v) is 6.25. The van der Waals surface area contributed by atoms with Gasteiger partial charge in [-0.25, -0.2) is 0 Å². The standard InChI is InChI=1S/C21H30N2OS/c1-7-18-19(8-2)25-20(17-11-9-15(3)10-12-17)16(4)21(24)23(18)14-13-22(5)6/h7-12,16,20H,13-14H2,1-6H3/b18-7+,19-8+/t16?,20-/m0/s1. The van der Waals surface area contributed by atoms with Crippen LogP contribution < -0.4 is 0 Å². The normalized spacial score (nSPS) is 25.1. The zero-order valence-electron chi connectivity index (χ0n) is 16.2. The molecular weight excluding hydrogens is 328 g/mol. The largest absolute Gasteiger partial charge is 0.310 e. The van der Waals surface area contributed by atoms with Gasteiger partial charge >= 0.3 is 0 Å². The molecule has 1 saturated heterocycles. The molecule has 1 fully saturated rings. The van der Waals surface area contributed by atoms with Crippen LogP contribution in [-0.4, -0.2) is 42.9 Å². The van der Waals surface area contributed by atoms with Gasteiger partial charge in [-0.2, -0.15) is 0 Å². The van der Waals surface area contributed by atoms with E-state index in [-0.39, 0.29) is 17.1 Å². The summed E-state index contributed by atoms with van der Waals surface area (Å²) in [7, 11) is 4.09. The summed E-state index contributed by atoms with van der Waals surface area (Å²) in [6.07, 6.45) is 4.20. The predicted octanol–water partition coefficient (Wildman–Crippen LogP) is 4.62. The average molecular weight is 359 g/mol. The van der Waals surface area contributed by atoms with E-state index in [9.17, 15) is 4.79 Å². The number of benzene rings is 1. The molecule has 1 aliphatic rings. The number of carbonyl (C=O) groups excluding carboxylic acids is 1. The van der Waals surface area contributed by atoms with Gasteiger partial charge in [0, 0.05) is 23.2 Å². The molecule has 136 valence electrons. The second-order valence-corrected chi connectivity index (χ2v) is 8.04. The van der Waals surface area contributed by atoms with Crippen LogP contribution in [0.25, 0.3) is 0 Å². The molecular formula is C21H30N2OS. The Balaban J connectivity index is 2.42. The minimum absolute atomic E-state index is 0.0673. The van der Waals surface area contributed by atoms with Gasteiger partial charge in [-0.3, -0.25) is 4.79 Å². The number of aryl methyl sites for hydroxylation is 1. The molecule has 0 radical (unpaired) electrons. The molecule has 0 N–H and O–H groups in total. The average Bonchev–Trinajstić information content (AvgIpc) is 2.69. The quantitative estimate of drug-likeness (QED) is 0.785. The number of hydrogen-bond donors (Lipinski definition) is 0. The van der Waals surface area contributed by atoms with E-state index in [4.69, 9.17) is 0 Å². The summed E-state index contributed by atoms with van der Waals surface area (Å²) in [5.74, 6) is 0.146. The number of thioether (sulfide) groups is 1. The van der Waals surface area contributed by atoms with Crippen LogP contribution in [0.1, 0.15) is 37.1 Å². The second-order valence-electron chi connectivity index (χ2n) is 6.86. The molecule has 1 aromatic rings. The molecule has 1 heterocycles. The summed E-state index contributed by atoms with van der Waals surface area (Å²) in [5, 5.41) is 0.138. The molecule has 3 nitrogen and oxygen atoms in total. The van der Waals surface area contributed by atoms with Crippen LogP contribution in [-0.2, 0) is 4.79 Å². The maximum atomic E-state index is 13.3. The molecule has 2 atom stereocenters. The van der Waals surface area contributed by atoms with E-state index in [1.165, 1.54) is 16.0 Å². The van der Waals surface area contributed by atoms with E-state index in [1.807, 2.05) is 37.7 Å². The van der Waals surface area contributed by atoms with Gasteiger partial charge in [0.1, 0.15) is 0 Å². The maximum Gasteiger partial charge on any atom is 0.231 e. The van der Waals surface area contributed by atoms with Gasteiger partial charge in [0.2, 0.25) is 5.91 Å². The molecule has 1 aromatic carbocycles. The monoisotopic (exact) mass is 358 g/mol. The van der Waals surface area contributed by atoms with E-state index < -0.39 is 0 Å². The van der Waals surface area contributed by atoms with Gasteiger partial charge in [-0.1, -0.05) is 48.9 Å². The summed E-state index contributed by atoms with van der Waals surface area (Å²) in [5.41, 5.74) is 3.51. The van der Waals surface area contributed by atoms with Crippen molar-refractivity contribution in [3.63, 3.8) is 0 Å². The van der Waals surface area contributed by atoms with Crippen molar-refractivity contribution in [1.82, 2.24) is 9.80 Å². The van der Waals surface area contributed by atoms with Gasteiger partial charge in [-0.15, -0.1) is 11.8 Å². The zero-order chi connectivity index (χ0) is 18.6. The minimum Gasteiger partial charge on any atom is -0.310 e. The number of likely N-dealkylation sites (N-methyl/N-ethyl adjacent to an activating group) is 1. The fourth-order valence-corrected chi connectivity index (χ4v) is 4.46. The number of amides is 1. The first-order valence-corrected chi connectivity index (χ1v) is 9.79. The molecule has 0 aliphatic carbocycles. The molecule has 25 heavy (non-hydrogen) atoms. The Bertz CT molecular complexity index is 661. The van der Waals surface area contributed by atoms with E-state index >= 15 is 0 Å². The van der Waals surface area contributed by atoms with E-state index in [2.05, 4.69) is 62.1 Å². The smallest absolute Gasteiger partial charge is 0.231 e. The fraction of sp³-hybridized carbons (Fsp3) is 0.476. The van der Waals surface area contributed by atoms with Crippen molar-refractivity contribution in [2.75, 3.05) is 27.2 Å². The van der Waals surface area contributed by atoms with Gasteiger partial charge in [0.15, 0.2) is 0 Å². The van der Waals surface area contributed by atoms with Crippen LogP contribution in [0, 0.1) is 12.8 Å². The Morgan fingerprint density at radius 3 is 2.32 bits per heavy atom. The maximum absolute atomic E-state index is 13.3. The van der Waals surface area contributed by atoms with E-state index in [1.54, 1.807) is 0 Å². The number of hydrogen-bond acceptors (Lipinski definition) is 3. The third kappa shape index (κ3) is 4.56. The third-order valence-electron chi connectivity index (χ3n) is 4.62. The minimum atomic E-state index is -0.0673. The molecule has 2 rings (SSSR count). The molecule has 1 aliphatic heterocycles. The van der Waals surface area contributed by atoms with Crippen LogP contribution in [0.15, 0.2) is 47.0 Å². The van der Waals surface area contributed by atoms with Gasteiger partial charge < -0.3 is 9.80 Å². The van der Waals surface area contributed by atoms with E-state index in [0.717, 1.165) is 12.2 Å². The lowest BCUT2D eigenvalue weighted by molar-refractivity contribution is -0.132. The second kappa shape index (κ2) is 8.72. The van der Waals surface area contributed by atoms with Crippen molar-refractivity contribution in [1.29, 1.82) is 0 Å². The number of nitrogens with zero attached hydrogens (tertiary/aromatic N) is 2. The Labute approximate surface area is 156 Å². The molecule has 0 saturated carbocycles. The summed E-state index contributed by atoms with van der Waals surface area (Å²) in [6.45, 7) is 9.81. The lowest BCUT2D eigenvalue weighted by atomic mass is 9.98. The number of rotatable bonds is 4. The Hall–Kier alpha value is -1.52. The molecule has 0 bridgehead atoms. The molecule has 4 heteroatoms. The Kier molecular flexibility index (Phi) is 6.91. The highest BCUT2D eigenvalue weighted by atomic mass is 32.2. The van der Waals surface area contributed by atoms with Crippen LogP contribution in [0.2, 0.25) is 0 Å².